The summed E-state index contributed by atoms with van der Waals surface area (Å²) in [6.45, 7) is 2.41. The van der Waals surface area contributed by atoms with Gasteiger partial charge in [0.2, 0.25) is 0 Å². The van der Waals surface area contributed by atoms with Gasteiger partial charge in [-0.1, -0.05) is 24.6 Å². The Labute approximate surface area is 168 Å². The summed E-state index contributed by atoms with van der Waals surface area (Å²) in [5.41, 5.74) is 0.877. The maximum Gasteiger partial charge on any atom is 0.343 e. The molecule has 144 valence electrons. The average Bonchev–Trinajstić information content (AvgIpc) is 2.71. The minimum atomic E-state index is -0.560. The number of hydrogen-bond donors (Lipinski definition) is 1. The maximum absolute atomic E-state index is 12.3. The van der Waals surface area contributed by atoms with Crippen LogP contribution in [0, 0.1) is 11.3 Å². The van der Waals surface area contributed by atoms with E-state index >= 15 is 0 Å². The van der Waals surface area contributed by atoms with Crippen LogP contribution in [0.2, 0.25) is 5.02 Å². The first-order valence-corrected chi connectivity index (χ1v) is 8.92. The van der Waals surface area contributed by atoms with Crippen LogP contribution >= 0.6 is 11.6 Å². The molecule has 0 heterocycles. The van der Waals surface area contributed by atoms with Crippen molar-refractivity contribution in [3.05, 3.63) is 64.2 Å². The fraction of sp³-hybridized carbons (Fsp3) is 0.190. The van der Waals surface area contributed by atoms with E-state index in [9.17, 15) is 14.9 Å². The maximum atomic E-state index is 12.3. The zero-order valence-electron chi connectivity index (χ0n) is 15.5. The Morgan fingerprint density at radius 2 is 1.89 bits per heavy atom. The predicted octanol–water partition coefficient (Wildman–Crippen LogP) is 4.00. The van der Waals surface area contributed by atoms with Crippen LogP contribution in [0.15, 0.2) is 48.0 Å². The normalized spacial score (nSPS) is 10.7. The van der Waals surface area contributed by atoms with E-state index in [1.54, 1.807) is 36.4 Å². The third-order valence-corrected chi connectivity index (χ3v) is 3.93. The van der Waals surface area contributed by atoms with Crippen LogP contribution in [-0.2, 0) is 4.79 Å². The Bertz CT molecular complexity index is 930. The molecule has 0 aromatic heterocycles. The van der Waals surface area contributed by atoms with E-state index in [-0.39, 0.29) is 11.3 Å². The average molecular weight is 399 g/mol. The van der Waals surface area contributed by atoms with Crippen LogP contribution < -0.4 is 14.8 Å². The first kappa shape index (κ1) is 21.0. The molecule has 7 heteroatoms. The first-order valence-electron chi connectivity index (χ1n) is 8.54. The third kappa shape index (κ3) is 5.60. The van der Waals surface area contributed by atoms with Crippen molar-refractivity contribution in [1.29, 1.82) is 5.26 Å². The molecule has 28 heavy (non-hydrogen) atoms. The van der Waals surface area contributed by atoms with Crippen LogP contribution in [0.3, 0.4) is 0 Å². The number of halogens is 1. The lowest BCUT2D eigenvalue weighted by Gasteiger charge is -2.10. The van der Waals surface area contributed by atoms with Crippen molar-refractivity contribution in [3.8, 4) is 17.6 Å². The van der Waals surface area contributed by atoms with Gasteiger partial charge in [-0.3, -0.25) is 4.79 Å². The van der Waals surface area contributed by atoms with Gasteiger partial charge in [-0.2, -0.15) is 5.26 Å². The highest BCUT2D eigenvalue weighted by molar-refractivity contribution is 6.30. The highest BCUT2D eigenvalue weighted by atomic mass is 35.5. The molecule has 0 fully saturated rings. The number of rotatable bonds is 7. The summed E-state index contributed by atoms with van der Waals surface area (Å²) >= 11 is 5.82. The summed E-state index contributed by atoms with van der Waals surface area (Å²) < 4.78 is 10.6. The molecule has 0 atom stereocenters. The number of amides is 1. The number of benzene rings is 2. The second-order valence-corrected chi connectivity index (χ2v) is 6.17. The molecule has 2 rings (SSSR count). The van der Waals surface area contributed by atoms with Gasteiger partial charge in [0.15, 0.2) is 11.5 Å². The minimum Gasteiger partial charge on any atom is -0.493 e. The van der Waals surface area contributed by atoms with E-state index in [2.05, 4.69) is 5.32 Å². The van der Waals surface area contributed by atoms with Crippen molar-refractivity contribution in [1.82, 2.24) is 5.32 Å². The van der Waals surface area contributed by atoms with Crippen molar-refractivity contribution >= 4 is 29.6 Å². The molecule has 0 aliphatic heterocycles. The highest BCUT2D eigenvalue weighted by Gasteiger charge is 2.14. The molecule has 0 radical (unpaired) electrons. The van der Waals surface area contributed by atoms with Gasteiger partial charge in [0.05, 0.1) is 12.7 Å². The van der Waals surface area contributed by atoms with E-state index in [0.717, 1.165) is 6.42 Å². The first-order chi connectivity index (χ1) is 13.5. The van der Waals surface area contributed by atoms with Gasteiger partial charge in [-0.15, -0.1) is 0 Å². The summed E-state index contributed by atoms with van der Waals surface area (Å²) in [6.07, 6.45) is 2.21. The molecule has 0 aliphatic rings. The van der Waals surface area contributed by atoms with Crippen molar-refractivity contribution in [2.24, 2.45) is 0 Å². The van der Waals surface area contributed by atoms with E-state index < -0.39 is 11.9 Å². The van der Waals surface area contributed by atoms with Crippen molar-refractivity contribution in [2.75, 3.05) is 13.7 Å². The van der Waals surface area contributed by atoms with Gasteiger partial charge >= 0.3 is 5.97 Å². The lowest BCUT2D eigenvalue weighted by atomic mass is 10.1. The van der Waals surface area contributed by atoms with E-state index in [0.29, 0.717) is 28.4 Å². The summed E-state index contributed by atoms with van der Waals surface area (Å²) in [6, 6.07) is 12.9. The minimum absolute atomic E-state index is 0.0265. The Morgan fingerprint density at radius 1 is 1.18 bits per heavy atom. The number of hydrogen-bond acceptors (Lipinski definition) is 5. The zero-order valence-corrected chi connectivity index (χ0v) is 16.2. The molecular formula is C21H19ClN2O4. The van der Waals surface area contributed by atoms with E-state index in [1.807, 2.05) is 13.0 Å². The molecule has 0 saturated carbocycles. The monoisotopic (exact) mass is 398 g/mol. The summed E-state index contributed by atoms with van der Waals surface area (Å²) in [7, 11) is 1.43. The molecule has 1 amide bonds. The van der Waals surface area contributed by atoms with E-state index in [4.69, 9.17) is 21.1 Å². The molecule has 2 aromatic rings. The molecule has 0 saturated heterocycles. The Hall–Kier alpha value is -3.30. The number of esters is 1. The number of nitriles is 1. The lowest BCUT2D eigenvalue weighted by Crippen LogP contribution is -2.25. The topological polar surface area (TPSA) is 88.4 Å². The SMILES string of the molecule is CCCNC(=O)/C(C#N)=C/c1ccc(OC(=O)c2ccc(Cl)cc2)c(OC)c1. The highest BCUT2D eigenvalue weighted by Crippen LogP contribution is 2.29. The number of ether oxygens (including phenoxy) is 2. The number of carbonyl (C=O) groups is 2. The molecule has 0 aliphatic carbocycles. The summed E-state index contributed by atoms with van der Waals surface area (Å²) in [5, 5.41) is 12.4. The van der Waals surface area contributed by atoms with Crippen LogP contribution in [0.1, 0.15) is 29.3 Å². The van der Waals surface area contributed by atoms with Gasteiger partial charge in [0.25, 0.3) is 5.91 Å². The standard InChI is InChI=1S/C21H19ClN2O4/c1-3-10-24-20(25)16(13-23)11-14-4-9-18(19(12-14)27-2)28-21(26)15-5-7-17(22)8-6-15/h4-9,11-12H,3,10H2,1-2H3,(H,24,25)/b16-11+. The van der Waals surface area contributed by atoms with Crippen LogP contribution in [0.25, 0.3) is 6.08 Å². The zero-order chi connectivity index (χ0) is 20.5. The number of nitrogens with zero attached hydrogens (tertiary/aromatic N) is 1. The molecule has 0 spiro atoms. The van der Waals surface area contributed by atoms with Crippen LogP contribution in [-0.4, -0.2) is 25.5 Å². The molecule has 6 nitrogen and oxygen atoms in total. The van der Waals surface area contributed by atoms with Gasteiger partial charge in [-0.05, 0) is 54.5 Å². The second kappa shape index (κ2) is 10.1. The summed E-state index contributed by atoms with van der Waals surface area (Å²) in [5.74, 6) is -0.493. The fourth-order valence-electron chi connectivity index (χ4n) is 2.25. The largest absolute Gasteiger partial charge is 0.493 e. The summed E-state index contributed by atoms with van der Waals surface area (Å²) in [4.78, 5) is 24.2. The second-order valence-electron chi connectivity index (χ2n) is 5.73. The van der Waals surface area contributed by atoms with Crippen molar-refractivity contribution in [3.63, 3.8) is 0 Å². The van der Waals surface area contributed by atoms with Crippen LogP contribution in [0.4, 0.5) is 0 Å². The number of methoxy groups -OCH3 is 1. The smallest absolute Gasteiger partial charge is 0.343 e. The fourth-order valence-corrected chi connectivity index (χ4v) is 2.38. The third-order valence-electron chi connectivity index (χ3n) is 3.68. The molecular weight excluding hydrogens is 380 g/mol. The molecule has 1 N–H and O–H groups in total. The predicted molar refractivity (Wildman–Crippen MR) is 106 cm³/mol. The Kier molecular flexibility index (Phi) is 7.61. The molecule has 0 unspecified atom stereocenters. The van der Waals surface area contributed by atoms with Crippen molar-refractivity contribution in [2.45, 2.75) is 13.3 Å². The Balaban J connectivity index is 2.22. The van der Waals surface area contributed by atoms with Gasteiger partial charge < -0.3 is 14.8 Å². The molecule has 2 aromatic carbocycles. The van der Waals surface area contributed by atoms with E-state index in [1.165, 1.54) is 19.3 Å². The van der Waals surface area contributed by atoms with Gasteiger partial charge in [0.1, 0.15) is 11.6 Å². The quantitative estimate of drug-likeness (QED) is 0.329. The van der Waals surface area contributed by atoms with Gasteiger partial charge in [-0.25, -0.2) is 4.79 Å². The van der Waals surface area contributed by atoms with Gasteiger partial charge in [0, 0.05) is 11.6 Å². The lowest BCUT2D eigenvalue weighted by molar-refractivity contribution is -0.117. The van der Waals surface area contributed by atoms with Crippen LogP contribution in [0.5, 0.6) is 11.5 Å². The molecule has 0 bridgehead atoms. The number of carbonyl (C=O) groups excluding carboxylic acids is 2. The Morgan fingerprint density at radius 3 is 2.50 bits per heavy atom. The number of nitrogens with one attached hydrogen (secondary N) is 1. The van der Waals surface area contributed by atoms with Crippen molar-refractivity contribution < 1.29 is 19.1 Å².